The van der Waals surface area contributed by atoms with Crippen LogP contribution in [0.15, 0.2) is 48.9 Å². The lowest BCUT2D eigenvalue weighted by atomic mass is 10.2. The fourth-order valence-electron chi connectivity index (χ4n) is 3.49. The number of benzene rings is 1. The summed E-state index contributed by atoms with van der Waals surface area (Å²) >= 11 is 0. The van der Waals surface area contributed by atoms with Crippen LogP contribution in [0.25, 0.3) is 11.4 Å². The van der Waals surface area contributed by atoms with Crippen LogP contribution < -0.4 is 15.5 Å². The van der Waals surface area contributed by atoms with Crippen LogP contribution in [0.4, 0.5) is 22.0 Å². The van der Waals surface area contributed by atoms with Crippen LogP contribution in [0.5, 0.6) is 0 Å². The minimum absolute atomic E-state index is 0.0610. The SMILES string of the molecule is CCC(CC)n1cc(Nc2ccnc(-c3ccc(N4CCNC4=O)cc3)n2)cn1. The molecule has 0 bridgehead atoms. The van der Waals surface area contributed by atoms with Crippen LogP contribution in [0.1, 0.15) is 32.7 Å². The van der Waals surface area contributed by atoms with Gasteiger partial charge in [-0.2, -0.15) is 5.10 Å². The van der Waals surface area contributed by atoms with Gasteiger partial charge in [-0.05, 0) is 43.2 Å². The van der Waals surface area contributed by atoms with Crippen molar-refractivity contribution in [2.75, 3.05) is 23.3 Å². The first-order chi connectivity index (χ1) is 14.2. The molecule has 0 aliphatic carbocycles. The third kappa shape index (κ3) is 4.06. The summed E-state index contributed by atoms with van der Waals surface area (Å²) in [6, 6.07) is 9.89. The maximum atomic E-state index is 11.8. The summed E-state index contributed by atoms with van der Waals surface area (Å²) in [5.41, 5.74) is 2.66. The quantitative estimate of drug-likeness (QED) is 0.636. The topological polar surface area (TPSA) is 88.0 Å². The van der Waals surface area contributed by atoms with E-state index in [0.717, 1.165) is 29.8 Å². The zero-order valence-electron chi connectivity index (χ0n) is 16.7. The Kier molecular flexibility index (Phi) is 5.41. The second-order valence-electron chi connectivity index (χ2n) is 7.00. The second kappa shape index (κ2) is 8.30. The van der Waals surface area contributed by atoms with E-state index in [-0.39, 0.29) is 6.03 Å². The van der Waals surface area contributed by atoms with Crippen molar-refractivity contribution < 1.29 is 4.79 Å². The number of nitrogens with zero attached hydrogens (tertiary/aromatic N) is 5. The molecule has 1 aromatic carbocycles. The molecular weight excluding hydrogens is 366 g/mol. The molecule has 1 aliphatic heterocycles. The maximum absolute atomic E-state index is 11.8. The van der Waals surface area contributed by atoms with E-state index in [0.29, 0.717) is 30.8 Å². The Morgan fingerprint density at radius 3 is 2.66 bits per heavy atom. The van der Waals surface area contributed by atoms with E-state index in [1.807, 2.05) is 47.4 Å². The molecule has 2 N–H and O–H groups in total. The minimum atomic E-state index is -0.0610. The van der Waals surface area contributed by atoms with Crippen LogP contribution in [0.2, 0.25) is 0 Å². The van der Waals surface area contributed by atoms with Gasteiger partial charge in [-0.15, -0.1) is 0 Å². The van der Waals surface area contributed by atoms with Crippen LogP contribution in [-0.4, -0.2) is 38.9 Å². The van der Waals surface area contributed by atoms with Crippen molar-refractivity contribution in [3.05, 3.63) is 48.9 Å². The normalized spacial score (nSPS) is 13.8. The third-order valence-electron chi connectivity index (χ3n) is 5.14. The summed E-state index contributed by atoms with van der Waals surface area (Å²) in [6.45, 7) is 5.69. The average molecular weight is 391 g/mol. The van der Waals surface area contributed by atoms with Gasteiger partial charge in [0.25, 0.3) is 0 Å². The molecule has 0 atom stereocenters. The van der Waals surface area contributed by atoms with Crippen molar-refractivity contribution in [3.8, 4) is 11.4 Å². The molecule has 2 aromatic heterocycles. The highest BCUT2D eigenvalue weighted by Gasteiger charge is 2.20. The molecule has 0 unspecified atom stereocenters. The molecule has 0 radical (unpaired) electrons. The first-order valence-corrected chi connectivity index (χ1v) is 9.98. The van der Waals surface area contributed by atoms with Crippen molar-refractivity contribution in [3.63, 3.8) is 0 Å². The van der Waals surface area contributed by atoms with Crippen molar-refractivity contribution in [2.45, 2.75) is 32.7 Å². The number of aromatic nitrogens is 4. The lowest BCUT2D eigenvalue weighted by Crippen LogP contribution is -2.27. The summed E-state index contributed by atoms with van der Waals surface area (Å²) < 4.78 is 2.00. The van der Waals surface area contributed by atoms with E-state index in [2.05, 4.69) is 39.5 Å². The molecule has 0 spiro atoms. The van der Waals surface area contributed by atoms with Gasteiger partial charge in [0.05, 0.1) is 17.9 Å². The fraction of sp³-hybridized carbons (Fsp3) is 0.333. The molecule has 1 aliphatic rings. The lowest BCUT2D eigenvalue weighted by Gasteiger charge is -2.14. The molecule has 29 heavy (non-hydrogen) atoms. The molecule has 8 nitrogen and oxygen atoms in total. The van der Waals surface area contributed by atoms with Gasteiger partial charge in [-0.3, -0.25) is 9.58 Å². The third-order valence-corrected chi connectivity index (χ3v) is 5.14. The number of rotatable bonds is 7. The zero-order chi connectivity index (χ0) is 20.2. The van der Waals surface area contributed by atoms with Crippen LogP contribution >= 0.6 is 0 Å². The summed E-state index contributed by atoms with van der Waals surface area (Å²) in [4.78, 5) is 22.5. The van der Waals surface area contributed by atoms with Gasteiger partial charge in [0.1, 0.15) is 5.82 Å². The number of anilines is 3. The number of hydrogen-bond donors (Lipinski definition) is 2. The van der Waals surface area contributed by atoms with Gasteiger partial charge in [0.15, 0.2) is 5.82 Å². The van der Waals surface area contributed by atoms with Crippen LogP contribution in [0, 0.1) is 0 Å². The molecule has 4 rings (SSSR count). The molecule has 150 valence electrons. The number of hydrogen-bond acceptors (Lipinski definition) is 5. The molecule has 3 aromatic rings. The average Bonchev–Trinajstić information content (AvgIpc) is 3.38. The predicted molar refractivity (Wildman–Crippen MR) is 113 cm³/mol. The zero-order valence-corrected chi connectivity index (χ0v) is 16.7. The number of carbonyl (C=O) groups excluding carboxylic acids is 1. The minimum Gasteiger partial charge on any atom is -0.338 e. The van der Waals surface area contributed by atoms with E-state index < -0.39 is 0 Å². The highest BCUT2D eigenvalue weighted by Crippen LogP contribution is 2.24. The Bertz CT molecular complexity index is 979. The molecule has 8 heteroatoms. The first kappa shape index (κ1) is 18.9. The number of carbonyl (C=O) groups is 1. The van der Waals surface area contributed by atoms with Gasteiger partial charge in [0, 0.05) is 36.7 Å². The maximum Gasteiger partial charge on any atom is 0.321 e. The van der Waals surface area contributed by atoms with Gasteiger partial charge in [-0.25, -0.2) is 14.8 Å². The summed E-state index contributed by atoms with van der Waals surface area (Å²) in [5.74, 6) is 1.34. The van der Waals surface area contributed by atoms with E-state index in [9.17, 15) is 4.79 Å². The first-order valence-electron chi connectivity index (χ1n) is 9.98. The van der Waals surface area contributed by atoms with Crippen molar-refractivity contribution in [1.82, 2.24) is 25.1 Å². The van der Waals surface area contributed by atoms with Gasteiger partial charge < -0.3 is 10.6 Å². The Hall–Kier alpha value is -3.42. The summed E-state index contributed by atoms with van der Waals surface area (Å²) in [7, 11) is 0. The predicted octanol–water partition coefficient (Wildman–Crippen LogP) is 3.97. The largest absolute Gasteiger partial charge is 0.338 e. The van der Waals surface area contributed by atoms with Crippen molar-refractivity contribution in [1.29, 1.82) is 0 Å². The Morgan fingerprint density at radius 2 is 1.97 bits per heavy atom. The van der Waals surface area contributed by atoms with Gasteiger partial charge in [-0.1, -0.05) is 13.8 Å². The fourth-order valence-corrected chi connectivity index (χ4v) is 3.49. The molecular formula is C21H25N7O. The molecule has 1 saturated heterocycles. The molecule has 0 saturated carbocycles. The van der Waals surface area contributed by atoms with E-state index in [4.69, 9.17) is 0 Å². The van der Waals surface area contributed by atoms with E-state index in [1.54, 1.807) is 11.1 Å². The smallest absolute Gasteiger partial charge is 0.321 e. The Labute approximate surface area is 170 Å². The second-order valence-corrected chi connectivity index (χ2v) is 7.00. The highest BCUT2D eigenvalue weighted by atomic mass is 16.2. The van der Waals surface area contributed by atoms with E-state index >= 15 is 0 Å². The lowest BCUT2D eigenvalue weighted by molar-refractivity contribution is 0.252. The van der Waals surface area contributed by atoms with E-state index in [1.165, 1.54) is 0 Å². The highest BCUT2D eigenvalue weighted by molar-refractivity contribution is 5.94. The summed E-state index contributed by atoms with van der Waals surface area (Å²) in [5, 5.41) is 10.6. The van der Waals surface area contributed by atoms with Gasteiger partial charge in [0.2, 0.25) is 0 Å². The molecule has 3 heterocycles. The van der Waals surface area contributed by atoms with Crippen LogP contribution in [-0.2, 0) is 0 Å². The monoisotopic (exact) mass is 391 g/mol. The standard InChI is InChI=1S/C21H25N7O/c1-3-17(4-2)28-14-16(13-24-28)25-19-9-10-22-20(26-19)15-5-7-18(8-6-15)27-12-11-23-21(27)29/h5-10,13-14,17H,3-4,11-12H2,1-2H3,(H,23,29)(H,22,25,26). The van der Waals surface area contributed by atoms with Crippen molar-refractivity contribution in [2.24, 2.45) is 0 Å². The van der Waals surface area contributed by atoms with Crippen LogP contribution in [0.3, 0.4) is 0 Å². The number of urea groups is 1. The summed E-state index contributed by atoms with van der Waals surface area (Å²) in [6.07, 6.45) is 7.65. The number of nitrogens with one attached hydrogen (secondary N) is 2. The van der Waals surface area contributed by atoms with Crippen molar-refractivity contribution >= 4 is 23.2 Å². The number of amides is 2. The Balaban J connectivity index is 1.49. The Morgan fingerprint density at radius 1 is 1.17 bits per heavy atom. The molecule has 2 amide bonds. The van der Waals surface area contributed by atoms with Gasteiger partial charge >= 0.3 is 6.03 Å². The molecule has 1 fully saturated rings.